The van der Waals surface area contributed by atoms with E-state index in [1.807, 2.05) is 13.8 Å². The number of carbonyl (C=O) groups excluding carboxylic acids is 1. The minimum Gasteiger partial charge on any atom is -0.316 e. The maximum Gasteiger partial charge on any atom is 0.229 e. The van der Waals surface area contributed by atoms with Crippen molar-refractivity contribution in [2.75, 3.05) is 5.32 Å². The fraction of sp³-hybridized carbons (Fsp3) is 0.529. The molecule has 1 aromatic heterocycles. The van der Waals surface area contributed by atoms with Crippen molar-refractivity contribution >= 4 is 45.4 Å². The van der Waals surface area contributed by atoms with Crippen LogP contribution in [-0.4, -0.2) is 5.91 Å². The lowest BCUT2D eigenvalue weighted by atomic mass is 9.96. The van der Waals surface area contributed by atoms with Crippen molar-refractivity contribution < 1.29 is 4.79 Å². The van der Waals surface area contributed by atoms with Crippen molar-refractivity contribution in [1.82, 2.24) is 0 Å². The quantitative estimate of drug-likeness (QED) is 0.813. The first-order valence-corrected chi connectivity index (χ1v) is 9.31. The number of hydrogen-bond donors (Lipinski definition) is 1. The van der Waals surface area contributed by atoms with Crippen molar-refractivity contribution in [3.05, 3.63) is 26.6 Å². The third-order valence-electron chi connectivity index (χ3n) is 5.02. The number of hydrogen-bond acceptors (Lipinski definition) is 3. The topological polar surface area (TPSA) is 52.9 Å². The van der Waals surface area contributed by atoms with Gasteiger partial charge in [-0.3, -0.25) is 4.79 Å². The van der Waals surface area contributed by atoms with Crippen LogP contribution in [0, 0.1) is 28.6 Å². The van der Waals surface area contributed by atoms with E-state index < -0.39 is 0 Å². The van der Waals surface area contributed by atoms with Gasteiger partial charge in [-0.25, -0.2) is 0 Å². The predicted molar refractivity (Wildman–Crippen MR) is 94.9 cm³/mol. The van der Waals surface area contributed by atoms with Crippen LogP contribution in [0.25, 0.3) is 0 Å². The molecule has 1 aromatic rings. The molecule has 3 nitrogen and oxygen atoms in total. The summed E-state index contributed by atoms with van der Waals surface area (Å²) < 4.78 is 0.197. The minimum atomic E-state index is -0.166. The van der Waals surface area contributed by atoms with Crippen LogP contribution in [-0.2, 0) is 17.6 Å². The highest BCUT2D eigenvalue weighted by molar-refractivity contribution is 7.16. The maximum absolute atomic E-state index is 12.6. The lowest BCUT2D eigenvalue weighted by Gasteiger charge is -2.09. The molecule has 0 saturated heterocycles. The number of nitrogens with zero attached hydrogens (tertiary/aromatic N) is 1. The molecule has 2 atom stereocenters. The van der Waals surface area contributed by atoms with Gasteiger partial charge in [-0.1, -0.05) is 37.0 Å². The molecule has 0 spiro atoms. The summed E-state index contributed by atoms with van der Waals surface area (Å²) in [6.45, 7) is 4.06. The second-order valence-electron chi connectivity index (χ2n) is 6.80. The van der Waals surface area contributed by atoms with Crippen LogP contribution in [0.4, 0.5) is 5.00 Å². The molecule has 1 N–H and O–H groups in total. The van der Waals surface area contributed by atoms with E-state index in [1.165, 1.54) is 4.88 Å². The standard InChI is InChI=1S/C17H18Cl2N2OS/c1-17(2)11(7-13(18)19)14(17)15(22)21-16-10(8-20)9-5-3-4-6-12(9)23-16/h7,11,14H,3-6H2,1-2H3,(H,21,22)/t11-,14+/m1/s1. The van der Waals surface area contributed by atoms with Gasteiger partial charge in [-0.05, 0) is 48.7 Å². The Balaban J connectivity index is 1.81. The Bertz CT molecular complexity index is 726. The second kappa shape index (κ2) is 6.12. The monoisotopic (exact) mass is 368 g/mol. The second-order valence-corrected chi connectivity index (χ2v) is 8.91. The molecule has 6 heteroatoms. The minimum absolute atomic E-state index is 0.0348. The highest BCUT2D eigenvalue weighted by atomic mass is 35.5. The number of nitrogens with one attached hydrogen (secondary N) is 1. The maximum atomic E-state index is 12.6. The Morgan fingerprint density at radius 1 is 1.39 bits per heavy atom. The van der Waals surface area contributed by atoms with Crippen LogP contribution < -0.4 is 5.32 Å². The molecule has 0 unspecified atom stereocenters. The van der Waals surface area contributed by atoms with E-state index in [-0.39, 0.29) is 27.6 Å². The van der Waals surface area contributed by atoms with E-state index in [2.05, 4.69) is 11.4 Å². The van der Waals surface area contributed by atoms with Gasteiger partial charge in [-0.2, -0.15) is 5.26 Å². The number of thiophene rings is 1. The Morgan fingerprint density at radius 3 is 2.74 bits per heavy atom. The molecule has 1 heterocycles. The Labute approximate surface area is 150 Å². The normalized spacial score (nSPS) is 24.3. The summed E-state index contributed by atoms with van der Waals surface area (Å²) >= 11 is 13.0. The Hall–Kier alpha value is -1.02. The summed E-state index contributed by atoms with van der Waals surface area (Å²) in [7, 11) is 0. The van der Waals surface area contributed by atoms with Crippen molar-refractivity contribution in [1.29, 1.82) is 5.26 Å². The first-order chi connectivity index (χ1) is 10.9. The largest absolute Gasteiger partial charge is 0.316 e. The molecule has 2 aliphatic carbocycles. The number of aryl methyl sites for hydroxylation is 1. The van der Waals surface area contributed by atoms with E-state index >= 15 is 0 Å². The zero-order valence-corrected chi connectivity index (χ0v) is 15.4. The SMILES string of the molecule is CC1(C)[C@H](C=C(Cl)Cl)[C@H]1C(=O)Nc1sc2c(c1C#N)CCCC2. The van der Waals surface area contributed by atoms with Gasteiger partial charge >= 0.3 is 0 Å². The number of amides is 1. The highest BCUT2D eigenvalue weighted by Crippen LogP contribution is 2.60. The number of fused-ring (bicyclic) bond motifs is 1. The fourth-order valence-electron chi connectivity index (χ4n) is 3.59. The number of carbonyl (C=O) groups is 1. The van der Waals surface area contributed by atoms with Gasteiger partial charge in [0.05, 0.1) is 11.5 Å². The molecule has 1 amide bonds. The van der Waals surface area contributed by atoms with Crippen LogP contribution in [0.15, 0.2) is 10.6 Å². The van der Waals surface area contributed by atoms with Crippen LogP contribution in [0.1, 0.15) is 42.7 Å². The smallest absolute Gasteiger partial charge is 0.229 e. The predicted octanol–water partition coefficient (Wildman–Crippen LogP) is 5.03. The number of nitriles is 1. The van der Waals surface area contributed by atoms with Crippen molar-refractivity contribution in [2.45, 2.75) is 39.5 Å². The summed E-state index contributed by atoms with van der Waals surface area (Å²) in [6, 6.07) is 2.27. The molecule has 23 heavy (non-hydrogen) atoms. The summed E-state index contributed by atoms with van der Waals surface area (Å²) in [5.41, 5.74) is 1.62. The molecule has 0 aromatic carbocycles. The van der Waals surface area contributed by atoms with Gasteiger partial charge in [-0.15, -0.1) is 11.3 Å². The lowest BCUT2D eigenvalue weighted by molar-refractivity contribution is -0.118. The average molecular weight is 369 g/mol. The van der Waals surface area contributed by atoms with E-state index in [9.17, 15) is 10.1 Å². The van der Waals surface area contributed by atoms with Crippen LogP contribution >= 0.6 is 34.5 Å². The number of rotatable bonds is 3. The molecule has 3 rings (SSSR count). The first kappa shape index (κ1) is 16.8. The zero-order valence-electron chi connectivity index (χ0n) is 13.1. The summed E-state index contributed by atoms with van der Waals surface area (Å²) in [5, 5.41) is 13.1. The van der Waals surface area contributed by atoms with Crippen LogP contribution in [0.2, 0.25) is 0 Å². The fourth-order valence-corrected chi connectivity index (χ4v) is 5.10. The molecule has 0 aliphatic heterocycles. The van der Waals surface area contributed by atoms with Crippen LogP contribution in [0.5, 0.6) is 0 Å². The summed E-state index contributed by atoms with van der Waals surface area (Å²) in [5.74, 6) is -0.186. The van der Waals surface area contributed by atoms with Gasteiger partial charge in [0.1, 0.15) is 15.6 Å². The average Bonchev–Trinajstić information content (AvgIpc) is 2.86. The highest BCUT2D eigenvalue weighted by Gasteiger charge is 2.60. The van der Waals surface area contributed by atoms with Gasteiger partial charge in [0.15, 0.2) is 0 Å². The van der Waals surface area contributed by atoms with E-state index in [4.69, 9.17) is 23.2 Å². The van der Waals surface area contributed by atoms with Crippen LogP contribution in [0.3, 0.4) is 0 Å². The molecule has 2 aliphatic rings. The molecule has 0 bridgehead atoms. The molecule has 1 saturated carbocycles. The van der Waals surface area contributed by atoms with Gasteiger partial charge in [0.25, 0.3) is 0 Å². The molecule has 0 radical (unpaired) electrons. The number of halogens is 2. The summed E-state index contributed by atoms with van der Waals surface area (Å²) in [4.78, 5) is 13.9. The molecular formula is C17H18Cl2N2OS. The molecule has 122 valence electrons. The van der Waals surface area contributed by atoms with E-state index in [0.717, 1.165) is 31.2 Å². The molecular weight excluding hydrogens is 351 g/mol. The van der Waals surface area contributed by atoms with E-state index in [1.54, 1.807) is 17.4 Å². The Kier molecular flexibility index (Phi) is 4.48. The van der Waals surface area contributed by atoms with Crippen molar-refractivity contribution in [3.63, 3.8) is 0 Å². The van der Waals surface area contributed by atoms with E-state index in [0.29, 0.717) is 10.6 Å². The third kappa shape index (κ3) is 3.03. The van der Waals surface area contributed by atoms with Crippen molar-refractivity contribution in [2.24, 2.45) is 17.3 Å². The third-order valence-corrected chi connectivity index (χ3v) is 6.48. The Morgan fingerprint density at radius 2 is 2.09 bits per heavy atom. The van der Waals surface area contributed by atoms with Gasteiger partial charge < -0.3 is 5.32 Å². The zero-order chi connectivity index (χ0) is 16.8. The van der Waals surface area contributed by atoms with Gasteiger partial charge in [0.2, 0.25) is 5.91 Å². The number of anilines is 1. The lowest BCUT2D eigenvalue weighted by Crippen LogP contribution is -2.16. The van der Waals surface area contributed by atoms with Crippen molar-refractivity contribution in [3.8, 4) is 6.07 Å². The molecule has 1 fully saturated rings. The van der Waals surface area contributed by atoms with Gasteiger partial charge in [0, 0.05) is 4.88 Å². The first-order valence-electron chi connectivity index (χ1n) is 7.74. The summed E-state index contributed by atoms with van der Waals surface area (Å²) in [6.07, 6.45) is 5.95. The number of allylic oxidation sites excluding steroid dienone is 1.